The summed E-state index contributed by atoms with van der Waals surface area (Å²) in [6, 6.07) is 8.56. The third kappa shape index (κ3) is 1.66. The quantitative estimate of drug-likeness (QED) is 0.838. The van der Waals surface area contributed by atoms with Crippen molar-refractivity contribution in [2.75, 3.05) is 13.1 Å². The highest BCUT2D eigenvalue weighted by Gasteiger charge is 2.46. The van der Waals surface area contributed by atoms with Crippen LogP contribution in [0.2, 0.25) is 0 Å². The number of hydrogen-bond donors (Lipinski definition) is 1. The van der Waals surface area contributed by atoms with E-state index in [0.29, 0.717) is 6.54 Å². The van der Waals surface area contributed by atoms with Gasteiger partial charge in [-0.25, -0.2) is 0 Å². The molecule has 2 aliphatic rings. The molecule has 0 atom stereocenters. The lowest BCUT2D eigenvalue weighted by molar-refractivity contribution is -0.0646. The topological polar surface area (TPSA) is 29.3 Å². The molecule has 0 amide bonds. The van der Waals surface area contributed by atoms with Gasteiger partial charge in [0.2, 0.25) is 0 Å². The molecule has 1 spiro atoms. The van der Waals surface area contributed by atoms with Crippen LogP contribution in [0.3, 0.4) is 0 Å². The van der Waals surface area contributed by atoms with E-state index >= 15 is 0 Å². The maximum absolute atomic E-state index is 5.76. The lowest BCUT2D eigenvalue weighted by Crippen LogP contribution is -2.59. The number of likely N-dealkylation sites (tertiary alicyclic amines) is 1. The lowest BCUT2D eigenvalue weighted by Gasteiger charge is -2.56. The van der Waals surface area contributed by atoms with Gasteiger partial charge in [-0.2, -0.15) is 0 Å². The van der Waals surface area contributed by atoms with Crippen LogP contribution in [0.1, 0.15) is 30.4 Å². The van der Waals surface area contributed by atoms with Crippen molar-refractivity contribution in [1.29, 1.82) is 0 Å². The van der Waals surface area contributed by atoms with Crippen molar-refractivity contribution < 1.29 is 0 Å². The second-order valence-corrected chi connectivity index (χ2v) is 5.47. The van der Waals surface area contributed by atoms with Crippen LogP contribution in [-0.2, 0) is 13.1 Å². The molecular weight excluding hydrogens is 196 g/mol. The molecule has 2 heteroatoms. The van der Waals surface area contributed by atoms with Crippen LogP contribution >= 0.6 is 0 Å². The Labute approximate surface area is 97.4 Å². The molecule has 2 N–H and O–H groups in total. The highest BCUT2D eigenvalue weighted by atomic mass is 15.2. The molecule has 0 radical (unpaired) electrons. The maximum Gasteiger partial charge on any atom is 0.0237 e. The zero-order valence-electron chi connectivity index (χ0n) is 9.78. The Morgan fingerprint density at radius 1 is 1.12 bits per heavy atom. The summed E-state index contributed by atoms with van der Waals surface area (Å²) in [6.45, 7) is 4.38. The van der Waals surface area contributed by atoms with E-state index in [4.69, 9.17) is 5.73 Å². The summed E-state index contributed by atoms with van der Waals surface area (Å²) >= 11 is 0. The first-order valence-electron chi connectivity index (χ1n) is 6.31. The van der Waals surface area contributed by atoms with E-state index in [1.54, 1.807) is 0 Å². The Balaban J connectivity index is 1.62. The van der Waals surface area contributed by atoms with E-state index in [0.717, 1.165) is 12.0 Å². The number of nitrogens with two attached hydrogens (primary N) is 1. The van der Waals surface area contributed by atoms with Crippen LogP contribution in [0.4, 0.5) is 0 Å². The molecule has 1 saturated carbocycles. The number of benzene rings is 1. The molecule has 0 bridgehead atoms. The molecule has 1 heterocycles. The minimum Gasteiger partial charge on any atom is -0.326 e. The number of nitrogens with zero attached hydrogens (tertiary/aromatic N) is 1. The fourth-order valence-electron chi connectivity index (χ4n) is 3.16. The lowest BCUT2D eigenvalue weighted by atomic mass is 9.63. The fraction of sp³-hybridized carbons (Fsp3) is 0.571. The smallest absolute Gasteiger partial charge is 0.0237 e. The van der Waals surface area contributed by atoms with Crippen LogP contribution < -0.4 is 5.73 Å². The molecule has 1 aromatic carbocycles. The summed E-state index contributed by atoms with van der Waals surface area (Å²) in [6.07, 6.45) is 4.37. The van der Waals surface area contributed by atoms with Crippen LogP contribution in [0.15, 0.2) is 24.3 Å². The molecule has 3 rings (SSSR count). The Bertz CT molecular complexity index is 374. The molecule has 2 nitrogen and oxygen atoms in total. The van der Waals surface area contributed by atoms with Gasteiger partial charge in [0.25, 0.3) is 0 Å². The van der Waals surface area contributed by atoms with Crippen LogP contribution in [0.25, 0.3) is 0 Å². The highest BCUT2D eigenvalue weighted by Crippen LogP contribution is 2.48. The molecule has 1 aliphatic carbocycles. The Morgan fingerprint density at radius 3 is 2.38 bits per heavy atom. The monoisotopic (exact) mass is 216 g/mol. The van der Waals surface area contributed by atoms with Gasteiger partial charge in [0.1, 0.15) is 0 Å². The standard InChI is InChI=1S/C14H20N2/c15-8-12-4-1-2-5-13(12)9-16-10-14(11-16)6-3-7-14/h1-2,4-5H,3,6-11,15H2. The molecule has 1 aromatic rings. The fourth-order valence-corrected chi connectivity index (χ4v) is 3.16. The molecule has 0 unspecified atom stereocenters. The third-order valence-corrected chi connectivity index (χ3v) is 4.26. The van der Waals surface area contributed by atoms with Gasteiger partial charge < -0.3 is 5.73 Å². The molecular formula is C14H20N2. The zero-order chi connectivity index (χ0) is 11.0. The van der Waals surface area contributed by atoms with E-state index in [2.05, 4.69) is 29.2 Å². The van der Waals surface area contributed by atoms with Gasteiger partial charge in [-0.05, 0) is 29.4 Å². The zero-order valence-corrected chi connectivity index (χ0v) is 9.78. The van der Waals surface area contributed by atoms with Gasteiger partial charge in [-0.3, -0.25) is 4.90 Å². The SMILES string of the molecule is NCc1ccccc1CN1CC2(CCC2)C1. The highest BCUT2D eigenvalue weighted by molar-refractivity contribution is 5.27. The molecule has 0 aromatic heterocycles. The van der Waals surface area contributed by atoms with Crippen molar-refractivity contribution >= 4 is 0 Å². The number of hydrogen-bond acceptors (Lipinski definition) is 2. The van der Waals surface area contributed by atoms with Gasteiger partial charge in [-0.1, -0.05) is 30.7 Å². The first-order chi connectivity index (χ1) is 7.81. The van der Waals surface area contributed by atoms with Crippen LogP contribution in [0.5, 0.6) is 0 Å². The van der Waals surface area contributed by atoms with E-state index in [1.165, 1.54) is 43.5 Å². The summed E-state index contributed by atoms with van der Waals surface area (Å²) in [7, 11) is 0. The summed E-state index contributed by atoms with van der Waals surface area (Å²) in [5.41, 5.74) is 9.21. The van der Waals surface area contributed by atoms with E-state index < -0.39 is 0 Å². The Hall–Kier alpha value is -0.860. The first-order valence-corrected chi connectivity index (χ1v) is 6.31. The first kappa shape index (κ1) is 10.3. The van der Waals surface area contributed by atoms with Crippen LogP contribution in [0, 0.1) is 5.41 Å². The van der Waals surface area contributed by atoms with Gasteiger partial charge in [0.15, 0.2) is 0 Å². The average Bonchev–Trinajstić information content (AvgIpc) is 2.20. The van der Waals surface area contributed by atoms with Gasteiger partial charge in [0.05, 0.1) is 0 Å². The van der Waals surface area contributed by atoms with Crippen LogP contribution in [-0.4, -0.2) is 18.0 Å². The van der Waals surface area contributed by atoms with Crippen molar-refractivity contribution in [3.05, 3.63) is 35.4 Å². The van der Waals surface area contributed by atoms with Crippen molar-refractivity contribution in [2.24, 2.45) is 11.1 Å². The molecule has 1 aliphatic heterocycles. The van der Waals surface area contributed by atoms with E-state index in [1.807, 2.05) is 0 Å². The minimum atomic E-state index is 0.662. The Morgan fingerprint density at radius 2 is 1.81 bits per heavy atom. The normalized spacial score (nSPS) is 22.8. The average molecular weight is 216 g/mol. The predicted molar refractivity (Wildman–Crippen MR) is 65.9 cm³/mol. The summed E-state index contributed by atoms with van der Waals surface area (Å²) < 4.78 is 0. The van der Waals surface area contributed by atoms with Gasteiger partial charge in [-0.15, -0.1) is 0 Å². The molecule has 86 valence electrons. The third-order valence-electron chi connectivity index (χ3n) is 4.26. The van der Waals surface area contributed by atoms with Crippen molar-refractivity contribution in [3.8, 4) is 0 Å². The summed E-state index contributed by atoms with van der Waals surface area (Å²) in [5, 5.41) is 0. The van der Waals surface area contributed by atoms with Crippen molar-refractivity contribution in [2.45, 2.75) is 32.4 Å². The maximum atomic E-state index is 5.76. The van der Waals surface area contributed by atoms with Gasteiger partial charge >= 0.3 is 0 Å². The summed E-state index contributed by atoms with van der Waals surface area (Å²) in [5.74, 6) is 0. The summed E-state index contributed by atoms with van der Waals surface area (Å²) in [4.78, 5) is 2.56. The van der Waals surface area contributed by atoms with Gasteiger partial charge in [0, 0.05) is 26.2 Å². The largest absolute Gasteiger partial charge is 0.326 e. The minimum absolute atomic E-state index is 0.662. The van der Waals surface area contributed by atoms with E-state index in [-0.39, 0.29) is 0 Å². The molecule has 16 heavy (non-hydrogen) atoms. The molecule has 2 fully saturated rings. The van der Waals surface area contributed by atoms with E-state index in [9.17, 15) is 0 Å². The molecule has 1 saturated heterocycles. The van der Waals surface area contributed by atoms with Crippen molar-refractivity contribution in [3.63, 3.8) is 0 Å². The predicted octanol–water partition coefficient (Wildman–Crippen LogP) is 2.13. The second-order valence-electron chi connectivity index (χ2n) is 5.47. The Kier molecular flexibility index (Phi) is 2.49. The number of rotatable bonds is 3. The second kappa shape index (κ2) is 3.86. The van der Waals surface area contributed by atoms with Crippen molar-refractivity contribution in [1.82, 2.24) is 4.90 Å².